The summed E-state index contributed by atoms with van der Waals surface area (Å²) in [6, 6.07) is 20.1. The van der Waals surface area contributed by atoms with Crippen LogP contribution in [0.25, 0.3) is 0 Å². The van der Waals surface area contributed by atoms with E-state index in [4.69, 9.17) is 4.74 Å². The largest absolute Gasteiger partial charge is 0.493 e. The summed E-state index contributed by atoms with van der Waals surface area (Å²) in [6.45, 7) is 2.29. The Morgan fingerprint density at radius 3 is 2.37 bits per heavy atom. The zero-order valence-corrected chi connectivity index (χ0v) is 17.4. The van der Waals surface area contributed by atoms with Crippen molar-refractivity contribution in [3.63, 3.8) is 0 Å². The lowest BCUT2D eigenvalue weighted by molar-refractivity contribution is -0.142. The minimum Gasteiger partial charge on any atom is -0.493 e. The molecule has 2 aromatic carbocycles. The monoisotopic (exact) mass is 406 g/mol. The first-order valence-corrected chi connectivity index (χ1v) is 11.0. The van der Waals surface area contributed by atoms with Gasteiger partial charge in [0.15, 0.2) is 0 Å². The Morgan fingerprint density at radius 1 is 0.967 bits per heavy atom. The summed E-state index contributed by atoms with van der Waals surface area (Å²) >= 11 is 0. The van der Waals surface area contributed by atoms with Crippen molar-refractivity contribution in [2.45, 2.75) is 44.7 Å². The predicted octanol–water partition coefficient (Wildman–Crippen LogP) is 3.89. The molecule has 0 spiro atoms. The van der Waals surface area contributed by atoms with E-state index >= 15 is 0 Å². The maximum atomic E-state index is 13.3. The molecule has 0 aromatic heterocycles. The second kappa shape index (κ2) is 9.79. The number of nitrogens with zero attached hydrogens (tertiary/aromatic N) is 2. The number of benzene rings is 2. The summed E-state index contributed by atoms with van der Waals surface area (Å²) in [5, 5.41) is 0. The number of para-hydroxylation sites is 1. The minimum atomic E-state index is -0.0953. The van der Waals surface area contributed by atoms with Crippen molar-refractivity contribution in [1.29, 1.82) is 0 Å². The molecular formula is C25H30N2O3. The molecule has 1 atom stereocenters. The van der Waals surface area contributed by atoms with Gasteiger partial charge in [-0.1, -0.05) is 48.5 Å². The van der Waals surface area contributed by atoms with Crippen LogP contribution in [-0.4, -0.2) is 47.4 Å². The molecule has 2 aromatic rings. The Hall–Kier alpha value is -2.82. The van der Waals surface area contributed by atoms with Gasteiger partial charge < -0.3 is 14.5 Å². The average Bonchev–Trinajstić information content (AvgIpc) is 3.64. The van der Waals surface area contributed by atoms with Gasteiger partial charge in [0, 0.05) is 25.7 Å². The highest BCUT2D eigenvalue weighted by Crippen LogP contribution is 2.31. The van der Waals surface area contributed by atoms with E-state index in [1.54, 1.807) is 0 Å². The Balaban J connectivity index is 1.30. The predicted molar refractivity (Wildman–Crippen MR) is 116 cm³/mol. The second-order valence-corrected chi connectivity index (χ2v) is 8.27. The average molecular weight is 407 g/mol. The molecule has 5 nitrogen and oxygen atoms in total. The van der Waals surface area contributed by atoms with Crippen molar-refractivity contribution in [1.82, 2.24) is 9.80 Å². The lowest BCUT2D eigenvalue weighted by Crippen LogP contribution is -2.47. The number of likely N-dealkylation sites (tertiary alicyclic amines) is 1. The molecule has 1 aliphatic heterocycles. The third-order valence-electron chi connectivity index (χ3n) is 5.92. The molecule has 0 bridgehead atoms. The normalized spacial score (nSPS) is 18.7. The Kier molecular flexibility index (Phi) is 6.67. The van der Waals surface area contributed by atoms with Crippen LogP contribution in [0.2, 0.25) is 0 Å². The number of ether oxygens (including phenoxy) is 1. The van der Waals surface area contributed by atoms with Crippen LogP contribution < -0.4 is 4.74 Å². The highest BCUT2D eigenvalue weighted by molar-refractivity contribution is 5.82. The number of carbonyl (C=O) groups excluding carboxylic acids is 2. The zero-order chi connectivity index (χ0) is 20.8. The number of hydrogen-bond donors (Lipinski definition) is 0. The van der Waals surface area contributed by atoms with E-state index in [1.807, 2.05) is 58.3 Å². The molecular weight excluding hydrogens is 376 g/mol. The topological polar surface area (TPSA) is 49.9 Å². The fourth-order valence-electron chi connectivity index (χ4n) is 4.12. The van der Waals surface area contributed by atoms with Crippen LogP contribution in [0.5, 0.6) is 5.75 Å². The van der Waals surface area contributed by atoms with Crippen LogP contribution >= 0.6 is 0 Å². The lowest BCUT2D eigenvalue weighted by atomic mass is 9.95. The van der Waals surface area contributed by atoms with Crippen molar-refractivity contribution in [2.75, 3.05) is 19.7 Å². The third-order valence-corrected chi connectivity index (χ3v) is 5.92. The summed E-state index contributed by atoms with van der Waals surface area (Å²) in [5.74, 6) is 0.962. The van der Waals surface area contributed by atoms with E-state index in [0.717, 1.165) is 38.0 Å². The van der Waals surface area contributed by atoms with Crippen LogP contribution in [0, 0.1) is 5.92 Å². The van der Waals surface area contributed by atoms with E-state index in [1.165, 1.54) is 5.56 Å². The molecule has 2 amide bonds. The van der Waals surface area contributed by atoms with Crippen molar-refractivity contribution >= 4 is 11.8 Å². The van der Waals surface area contributed by atoms with Gasteiger partial charge in [-0.25, -0.2) is 0 Å². The molecule has 1 saturated carbocycles. The number of carbonyl (C=O) groups is 2. The van der Waals surface area contributed by atoms with Gasteiger partial charge in [0.2, 0.25) is 11.8 Å². The van der Waals surface area contributed by atoms with Gasteiger partial charge in [-0.2, -0.15) is 0 Å². The van der Waals surface area contributed by atoms with E-state index in [0.29, 0.717) is 32.2 Å². The minimum absolute atomic E-state index is 0.0736. The fourth-order valence-corrected chi connectivity index (χ4v) is 4.12. The molecule has 5 heteroatoms. The Bertz CT molecular complexity index is 836. The summed E-state index contributed by atoms with van der Waals surface area (Å²) in [5.41, 5.74) is 1.17. The van der Waals surface area contributed by atoms with Gasteiger partial charge in [0.25, 0.3) is 0 Å². The molecule has 30 heavy (non-hydrogen) atoms. The van der Waals surface area contributed by atoms with Crippen molar-refractivity contribution in [2.24, 2.45) is 5.92 Å². The molecule has 4 rings (SSSR count). The Labute approximate surface area is 178 Å². The molecule has 1 saturated heterocycles. The number of rotatable bonds is 8. The zero-order valence-electron chi connectivity index (χ0n) is 17.4. The van der Waals surface area contributed by atoms with E-state index < -0.39 is 0 Å². The van der Waals surface area contributed by atoms with Crippen LogP contribution in [0.4, 0.5) is 0 Å². The number of amides is 2. The molecule has 2 fully saturated rings. The van der Waals surface area contributed by atoms with Crippen LogP contribution in [-0.2, 0) is 16.1 Å². The van der Waals surface area contributed by atoms with Crippen molar-refractivity contribution in [3.05, 3.63) is 66.2 Å². The summed E-state index contributed by atoms with van der Waals surface area (Å²) < 4.78 is 5.66. The number of hydrogen-bond acceptors (Lipinski definition) is 3. The molecule has 0 radical (unpaired) electrons. The van der Waals surface area contributed by atoms with E-state index in [9.17, 15) is 9.59 Å². The van der Waals surface area contributed by atoms with E-state index in [2.05, 4.69) is 12.1 Å². The van der Waals surface area contributed by atoms with Crippen LogP contribution in [0.3, 0.4) is 0 Å². The van der Waals surface area contributed by atoms with Gasteiger partial charge in [0.05, 0.1) is 18.9 Å². The third kappa shape index (κ3) is 5.41. The fraction of sp³-hybridized carbons (Fsp3) is 0.440. The maximum absolute atomic E-state index is 13.3. The quantitative estimate of drug-likeness (QED) is 0.668. The maximum Gasteiger partial charge on any atom is 0.228 e. The van der Waals surface area contributed by atoms with Gasteiger partial charge in [-0.05, 0) is 43.4 Å². The summed E-state index contributed by atoms with van der Waals surface area (Å²) in [7, 11) is 0. The molecule has 1 aliphatic carbocycles. The van der Waals surface area contributed by atoms with Gasteiger partial charge in [-0.3, -0.25) is 9.59 Å². The molecule has 158 valence electrons. The molecule has 1 unspecified atom stereocenters. The number of piperidine rings is 1. The van der Waals surface area contributed by atoms with E-state index in [-0.39, 0.29) is 17.7 Å². The smallest absolute Gasteiger partial charge is 0.228 e. The first kappa shape index (κ1) is 20.5. The standard InChI is InChI=1S/C25H30N2O3/c28-24(15-17-30-23-11-5-2-6-12-23)26-16-7-10-21(19-26)25(29)27(22-13-14-22)18-20-8-3-1-4-9-20/h1-6,8-9,11-12,21-22H,7,10,13-19H2. The van der Waals surface area contributed by atoms with Crippen LogP contribution in [0.15, 0.2) is 60.7 Å². The van der Waals surface area contributed by atoms with Crippen LogP contribution in [0.1, 0.15) is 37.7 Å². The summed E-state index contributed by atoms with van der Waals surface area (Å²) in [6.07, 6.45) is 4.26. The molecule has 2 aliphatic rings. The first-order valence-electron chi connectivity index (χ1n) is 11.0. The first-order chi connectivity index (χ1) is 14.7. The van der Waals surface area contributed by atoms with Gasteiger partial charge in [-0.15, -0.1) is 0 Å². The van der Waals surface area contributed by atoms with Gasteiger partial charge >= 0.3 is 0 Å². The molecule has 1 heterocycles. The SMILES string of the molecule is O=C(CCOc1ccccc1)N1CCCC(C(=O)N(Cc2ccccc2)C2CC2)C1. The lowest BCUT2D eigenvalue weighted by Gasteiger charge is -2.35. The highest BCUT2D eigenvalue weighted by Gasteiger charge is 2.37. The van der Waals surface area contributed by atoms with Gasteiger partial charge in [0.1, 0.15) is 5.75 Å². The second-order valence-electron chi connectivity index (χ2n) is 8.27. The molecule has 0 N–H and O–H groups in total. The van der Waals surface area contributed by atoms with Crippen molar-refractivity contribution in [3.8, 4) is 5.75 Å². The van der Waals surface area contributed by atoms with Crippen molar-refractivity contribution < 1.29 is 14.3 Å². The highest BCUT2D eigenvalue weighted by atomic mass is 16.5. The summed E-state index contributed by atoms with van der Waals surface area (Å²) in [4.78, 5) is 29.9. The Morgan fingerprint density at radius 2 is 1.67 bits per heavy atom.